The molecule has 1 heterocycles. The van der Waals surface area contributed by atoms with Crippen molar-refractivity contribution in [1.29, 1.82) is 0 Å². The first-order chi connectivity index (χ1) is 13.8. The van der Waals surface area contributed by atoms with E-state index in [1.165, 1.54) is 12.4 Å². The maximum Gasteiger partial charge on any atom is 0.266 e. The molecule has 0 radical (unpaired) electrons. The number of hydrogen-bond donors (Lipinski definition) is 3. The van der Waals surface area contributed by atoms with Gasteiger partial charge in [0.1, 0.15) is 23.6 Å². The fourth-order valence-corrected chi connectivity index (χ4v) is 3.90. The molecule has 3 aromatic rings. The number of aliphatic hydroxyl groups is 1. The van der Waals surface area contributed by atoms with Crippen LogP contribution in [0.15, 0.2) is 53.7 Å². The number of aromatic hydroxyl groups is 1. The number of phenols is 1. The molecule has 0 aliphatic carbocycles. The topological polar surface area (TPSA) is 122 Å². The van der Waals surface area contributed by atoms with Crippen molar-refractivity contribution in [2.45, 2.75) is 18.7 Å². The average Bonchev–Trinajstić information content (AvgIpc) is 2.69. The van der Waals surface area contributed by atoms with Crippen molar-refractivity contribution in [3.8, 4) is 22.8 Å². The van der Waals surface area contributed by atoms with Crippen LogP contribution in [-0.4, -0.2) is 41.8 Å². The van der Waals surface area contributed by atoms with Crippen LogP contribution in [0, 0.1) is 13.8 Å². The van der Waals surface area contributed by atoms with E-state index in [4.69, 9.17) is 9.84 Å². The average molecular weight is 415 g/mol. The summed E-state index contributed by atoms with van der Waals surface area (Å²) in [6.45, 7) is 3.30. The molecule has 3 N–H and O–H groups in total. The summed E-state index contributed by atoms with van der Waals surface area (Å²) < 4.78 is 33.8. The first-order valence-corrected chi connectivity index (χ1v) is 10.3. The van der Waals surface area contributed by atoms with E-state index < -0.39 is 10.0 Å². The van der Waals surface area contributed by atoms with Crippen LogP contribution in [0.1, 0.15) is 11.1 Å². The second kappa shape index (κ2) is 8.46. The maximum absolute atomic E-state index is 12.9. The Balaban J connectivity index is 2.11. The highest BCUT2D eigenvalue weighted by atomic mass is 32.2. The summed E-state index contributed by atoms with van der Waals surface area (Å²) in [6.07, 6.45) is 1.17. The summed E-state index contributed by atoms with van der Waals surface area (Å²) in [5.41, 5.74) is 2.42. The minimum Gasteiger partial charge on any atom is -0.506 e. The molecule has 0 aliphatic heterocycles. The fourth-order valence-electron chi connectivity index (χ4n) is 2.71. The molecule has 0 bridgehead atoms. The number of phenolic OH excluding ortho intramolecular Hbond substituents is 1. The first kappa shape index (κ1) is 20.6. The summed E-state index contributed by atoms with van der Waals surface area (Å²) in [6, 6.07) is 11.8. The molecule has 0 saturated carbocycles. The first-order valence-electron chi connectivity index (χ1n) is 8.80. The number of aromatic nitrogens is 2. The zero-order chi connectivity index (χ0) is 21.0. The lowest BCUT2D eigenvalue weighted by atomic mass is 10.1. The number of nitrogens with zero attached hydrogens (tertiary/aromatic N) is 2. The quantitative estimate of drug-likeness (QED) is 0.542. The highest BCUT2D eigenvalue weighted by Gasteiger charge is 2.24. The lowest BCUT2D eigenvalue weighted by Crippen LogP contribution is -2.16. The molecule has 29 heavy (non-hydrogen) atoms. The second-order valence-electron chi connectivity index (χ2n) is 6.37. The number of hydrogen-bond acceptors (Lipinski definition) is 7. The summed E-state index contributed by atoms with van der Waals surface area (Å²) in [5, 5.41) is 19.3. The van der Waals surface area contributed by atoms with E-state index in [-0.39, 0.29) is 35.6 Å². The van der Waals surface area contributed by atoms with E-state index in [0.29, 0.717) is 16.7 Å². The number of sulfonamides is 1. The molecule has 8 nitrogen and oxygen atoms in total. The monoisotopic (exact) mass is 415 g/mol. The van der Waals surface area contributed by atoms with Gasteiger partial charge in [0, 0.05) is 0 Å². The molecule has 152 valence electrons. The number of para-hydroxylation sites is 1. The van der Waals surface area contributed by atoms with Gasteiger partial charge in [-0.1, -0.05) is 42.0 Å². The van der Waals surface area contributed by atoms with Gasteiger partial charge in [-0.05, 0) is 31.0 Å². The van der Waals surface area contributed by atoms with Gasteiger partial charge in [0.2, 0.25) is 5.88 Å². The fraction of sp³-hybridized carbons (Fsp3) is 0.200. The van der Waals surface area contributed by atoms with Gasteiger partial charge in [-0.15, -0.1) is 0 Å². The number of aliphatic hydroxyl groups excluding tert-OH is 1. The molecule has 0 aliphatic rings. The van der Waals surface area contributed by atoms with Crippen LogP contribution in [0.2, 0.25) is 0 Å². The Morgan fingerprint density at radius 2 is 1.79 bits per heavy atom. The zero-order valence-electron chi connectivity index (χ0n) is 16.0. The minimum absolute atomic E-state index is 0.00213. The summed E-state index contributed by atoms with van der Waals surface area (Å²) >= 11 is 0. The number of benzene rings is 2. The van der Waals surface area contributed by atoms with Gasteiger partial charge in [-0.25, -0.2) is 18.4 Å². The van der Waals surface area contributed by atoms with Crippen molar-refractivity contribution >= 4 is 15.8 Å². The lowest BCUT2D eigenvalue weighted by Gasteiger charge is -2.16. The summed E-state index contributed by atoms with van der Waals surface area (Å²) in [7, 11) is -4.14. The predicted octanol–water partition coefficient (Wildman–Crippen LogP) is 2.64. The van der Waals surface area contributed by atoms with E-state index in [2.05, 4.69) is 14.7 Å². The van der Waals surface area contributed by atoms with Crippen LogP contribution in [0.3, 0.4) is 0 Å². The molecule has 9 heteroatoms. The Morgan fingerprint density at radius 3 is 2.48 bits per heavy atom. The molecule has 0 amide bonds. The van der Waals surface area contributed by atoms with Gasteiger partial charge in [0.15, 0.2) is 5.82 Å². The molecular formula is C20H21N3O5S. The Kier molecular flexibility index (Phi) is 6.00. The molecule has 0 spiro atoms. The van der Waals surface area contributed by atoms with Crippen molar-refractivity contribution in [1.82, 2.24) is 9.97 Å². The predicted molar refractivity (Wildman–Crippen MR) is 108 cm³/mol. The molecular weight excluding hydrogens is 394 g/mol. The van der Waals surface area contributed by atoms with E-state index in [1.807, 2.05) is 19.1 Å². The third-order valence-corrected chi connectivity index (χ3v) is 5.57. The second-order valence-corrected chi connectivity index (χ2v) is 8.02. The van der Waals surface area contributed by atoms with Gasteiger partial charge in [0.05, 0.1) is 12.2 Å². The van der Waals surface area contributed by atoms with Gasteiger partial charge in [-0.3, -0.25) is 4.72 Å². The summed E-state index contributed by atoms with van der Waals surface area (Å²) in [4.78, 5) is 7.90. The number of rotatable bonds is 7. The van der Waals surface area contributed by atoms with Crippen LogP contribution in [0.4, 0.5) is 5.82 Å². The highest BCUT2D eigenvalue weighted by molar-refractivity contribution is 7.92. The third-order valence-electron chi connectivity index (χ3n) is 4.20. The van der Waals surface area contributed by atoms with Gasteiger partial charge in [0.25, 0.3) is 10.0 Å². The maximum atomic E-state index is 12.9. The molecule has 0 fully saturated rings. The largest absolute Gasteiger partial charge is 0.506 e. The van der Waals surface area contributed by atoms with E-state index in [1.54, 1.807) is 31.2 Å². The molecule has 0 atom stereocenters. The number of nitrogens with one attached hydrogen (secondary N) is 1. The van der Waals surface area contributed by atoms with Crippen LogP contribution in [0.25, 0.3) is 11.1 Å². The molecule has 3 rings (SSSR count). The lowest BCUT2D eigenvalue weighted by molar-refractivity contribution is 0.197. The molecule has 0 unspecified atom stereocenters. The Hall–Kier alpha value is -3.17. The number of aryl methyl sites for hydroxylation is 2. The number of anilines is 1. The van der Waals surface area contributed by atoms with Crippen LogP contribution >= 0.6 is 0 Å². The Labute approximate surface area is 168 Å². The molecule has 2 aromatic carbocycles. The third kappa shape index (κ3) is 4.47. The van der Waals surface area contributed by atoms with E-state index >= 15 is 0 Å². The van der Waals surface area contributed by atoms with Gasteiger partial charge >= 0.3 is 0 Å². The SMILES string of the molecule is Cc1ccc(-c2c(NS(=O)(=O)c3cccc(C)c3O)ncnc2OCCO)cc1. The number of ether oxygens (including phenoxy) is 1. The zero-order valence-corrected chi connectivity index (χ0v) is 16.8. The standard InChI is InChI=1S/C20H21N3O5S/c1-13-6-8-15(9-7-13)17-19(21-12-22-20(17)28-11-10-24)23-29(26,27)16-5-3-4-14(2)18(16)25/h3-9,12,24-25H,10-11H2,1-2H3,(H,21,22,23). The Bertz CT molecular complexity index is 1120. The minimum atomic E-state index is -4.14. The van der Waals surface area contributed by atoms with Crippen LogP contribution in [0.5, 0.6) is 11.6 Å². The van der Waals surface area contributed by atoms with E-state index in [9.17, 15) is 13.5 Å². The van der Waals surface area contributed by atoms with E-state index in [0.717, 1.165) is 5.56 Å². The summed E-state index contributed by atoms with van der Waals surface area (Å²) in [5.74, 6) is -0.204. The van der Waals surface area contributed by atoms with Crippen molar-refractivity contribution in [2.75, 3.05) is 17.9 Å². The van der Waals surface area contributed by atoms with Crippen molar-refractivity contribution in [3.05, 3.63) is 59.9 Å². The smallest absolute Gasteiger partial charge is 0.266 e. The molecule has 1 aromatic heterocycles. The van der Waals surface area contributed by atoms with Crippen molar-refractivity contribution in [3.63, 3.8) is 0 Å². The Morgan fingerprint density at radius 1 is 1.07 bits per heavy atom. The highest BCUT2D eigenvalue weighted by Crippen LogP contribution is 2.36. The normalized spacial score (nSPS) is 11.3. The van der Waals surface area contributed by atoms with Crippen LogP contribution in [-0.2, 0) is 10.0 Å². The van der Waals surface area contributed by atoms with Crippen LogP contribution < -0.4 is 9.46 Å². The van der Waals surface area contributed by atoms with Crippen molar-refractivity contribution < 1.29 is 23.4 Å². The molecule has 0 saturated heterocycles. The van der Waals surface area contributed by atoms with Gasteiger partial charge < -0.3 is 14.9 Å². The van der Waals surface area contributed by atoms with Crippen molar-refractivity contribution in [2.24, 2.45) is 0 Å². The van der Waals surface area contributed by atoms with Gasteiger partial charge in [-0.2, -0.15) is 0 Å².